The Morgan fingerprint density at radius 2 is 1.87 bits per heavy atom. The number of ether oxygens (including phenoxy) is 4. The van der Waals surface area contributed by atoms with Gasteiger partial charge in [0, 0.05) is 6.07 Å². The number of methoxy groups -OCH3 is 2. The Morgan fingerprint density at radius 3 is 2.60 bits per heavy atom. The maximum atomic E-state index is 13.1. The number of urea groups is 1. The van der Waals surface area contributed by atoms with Crippen molar-refractivity contribution in [2.75, 3.05) is 27.6 Å². The van der Waals surface area contributed by atoms with Crippen molar-refractivity contribution in [3.05, 3.63) is 47.5 Å². The standard InChI is InChI=1S/C21H20N2O7/c1-21(12-4-7-16-18(8-12)30-11-29-16)19(25)23(20(26)22-21)10-15(24)14-6-5-13(27-2)9-17(14)28-3/h4-9H,10-11H2,1-3H3,(H,22,26)/t21-/m1/s1. The fourth-order valence-electron chi connectivity index (χ4n) is 3.50. The largest absolute Gasteiger partial charge is 0.497 e. The molecule has 3 amide bonds. The van der Waals surface area contributed by atoms with Gasteiger partial charge in [-0.3, -0.25) is 14.5 Å². The Kier molecular flexibility index (Phi) is 4.73. The maximum Gasteiger partial charge on any atom is 0.325 e. The Balaban J connectivity index is 1.58. The van der Waals surface area contributed by atoms with E-state index >= 15 is 0 Å². The first-order valence-corrected chi connectivity index (χ1v) is 9.17. The molecule has 156 valence electrons. The summed E-state index contributed by atoms with van der Waals surface area (Å²) in [6, 6.07) is 9.07. The molecule has 0 aromatic heterocycles. The fraction of sp³-hybridized carbons (Fsp3) is 0.286. The van der Waals surface area contributed by atoms with Crippen LogP contribution in [-0.4, -0.2) is 50.2 Å². The zero-order chi connectivity index (χ0) is 21.5. The van der Waals surface area contributed by atoms with E-state index in [0.717, 1.165) is 4.90 Å². The van der Waals surface area contributed by atoms with E-state index in [1.165, 1.54) is 20.3 Å². The molecule has 0 saturated carbocycles. The van der Waals surface area contributed by atoms with E-state index in [1.807, 2.05) is 0 Å². The Hall–Kier alpha value is -3.75. The molecule has 2 aromatic carbocycles. The number of benzene rings is 2. The Morgan fingerprint density at radius 1 is 1.10 bits per heavy atom. The van der Waals surface area contributed by atoms with Crippen LogP contribution in [0, 0.1) is 0 Å². The minimum atomic E-state index is -1.33. The first kappa shape index (κ1) is 19.6. The van der Waals surface area contributed by atoms with E-state index < -0.39 is 29.8 Å². The van der Waals surface area contributed by atoms with Crippen LogP contribution in [0.3, 0.4) is 0 Å². The molecule has 2 heterocycles. The van der Waals surface area contributed by atoms with Gasteiger partial charge in [0.05, 0.1) is 26.3 Å². The summed E-state index contributed by atoms with van der Waals surface area (Å²) in [6.07, 6.45) is 0. The quantitative estimate of drug-likeness (QED) is 0.572. The van der Waals surface area contributed by atoms with Crippen LogP contribution in [0.25, 0.3) is 0 Å². The number of hydrogen-bond donors (Lipinski definition) is 1. The van der Waals surface area contributed by atoms with Gasteiger partial charge in [-0.2, -0.15) is 0 Å². The Labute approximate surface area is 172 Å². The number of hydrogen-bond acceptors (Lipinski definition) is 7. The van der Waals surface area contributed by atoms with Crippen molar-refractivity contribution >= 4 is 17.7 Å². The average Bonchev–Trinajstić information content (AvgIpc) is 3.31. The van der Waals surface area contributed by atoms with E-state index in [9.17, 15) is 14.4 Å². The highest BCUT2D eigenvalue weighted by molar-refractivity contribution is 6.11. The lowest BCUT2D eigenvalue weighted by atomic mass is 9.91. The normalized spacial score (nSPS) is 19.6. The summed E-state index contributed by atoms with van der Waals surface area (Å²) >= 11 is 0. The molecule has 1 atom stereocenters. The molecule has 2 aromatic rings. The second-order valence-electron chi connectivity index (χ2n) is 7.00. The third-order valence-corrected chi connectivity index (χ3v) is 5.24. The lowest BCUT2D eigenvalue weighted by Crippen LogP contribution is -2.41. The predicted octanol–water partition coefficient (Wildman–Crippen LogP) is 2.08. The van der Waals surface area contributed by atoms with Crippen LogP contribution in [0.2, 0.25) is 0 Å². The van der Waals surface area contributed by atoms with Crippen molar-refractivity contribution in [2.45, 2.75) is 12.5 Å². The van der Waals surface area contributed by atoms with Crippen molar-refractivity contribution in [3.63, 3.8) is 0 Å². The van der Waals surface area contributed by atoms with E-state index in [2.05, 4.69) is 5.32 Å². The number of ketones is 1. The lowest BCUT2D eigenvalue weighted by Gasteiger charge is -2.22. The highest BCUT2D eigenvalue weighted by Gasteiger charge is 2.50. The molecule has 9 heteroatoms. The van der Waals surface area contributed by atoms with E-state index in [0.29, 0.717) is 28.6 Å². The maximum absolute atomic E-state index is 13.1. The van der Waals surface area contributed by atoms with Crippen LogP contribution in [0.5, 0.6) is 23.0 Å². The molecule has 0 radical (unpaired) electrons. The van der Waals surface area contributed by atoms with Crippen LogP contribution < -0.4 is 24.3 Å². The Bertz CT molecular complexity index is 1050. The summed E-state index contributed by atoms with van der Waals surface area (Å²) in [6.45, 7) is 1.26. The number of amides is 3. The fourth-order valence-corrected chi connectivity index (χ4v) is 3.50. The zero-order valence-corrected chi connectivity index (χ0v) is 16.7. The molecule has 4 rings (SSSR count). The summed E-state index contributed by atoms with van der Waals surface area (Å²) in [5, 5.41) is 2.68. The van der Waals surface area contributed by atoms with Gasteiger partial charge in [-0.05, 0) is 36.8 Å². The third kappa shape index (κ3) is 3.08. The zero-order valence-electron chi connectivity index (χ0n) is 16.7. The minimum absolute atomic E-state index is 0.0973. The average molecular weight is 412 g/mol. The van der Waals surface area contributed by atoms with Gasteiger partial charge in [-0.1, -0.05) is 6.07 Å². The molecule has 0 aliphatic carbocycles. The molecule has 0 spiro atoms. The minimum Gasteiger partial charge on any atom is -0.497 e. The molecule has 0 unspecified atom stereocenters. The summed E-state index contributed by atoms with van der Waals surface area (Å²) in [5.74, 6) is 0.907. The smallest absolute Gasteiger partial charge is 0.325 e. The van der Waals surface area contributed by atoms with Crippen LogP contribution in [0.15, 0.2) is 36.4 Å². The molecule has 1 N–H and O–H groups in total. The van der Waals surface area contributed by atoms with Gasteiger partial charge in [0.15, 0.2) is 17.3 Å². The topological polar surface area (TPSA) is 103 Å². The molecular weight excluding hydrogens is 392 g/mol. The van der Waals surface area contributed by atoms with E-state index in [-0.39, 0.29) is 12.4 Å². The van der Waals surface area contributed by atoms with E-state index in [4.69, 9.17) is 18.9 Å². The van der Waals surface area contributed by atoms with Crippen LogP contribution in [0.4, 0.5) is 4.79 Å². The third-order valence-electron chi connectivity index (χ3n) is 5.24. The molecule has 0 bridgehead atoms. The molecule has 1 fully saturated rings. The van der Waals surface area contributed by atoms with Crippen molar-refractivity contribution in [1.82, 2.24) is 10.2 Å². The van der Waals surface area contributed by atoms with Crippen LogP contribution >= 0.6 is 0 Å². The van der Waals surface area contributed by atoms with Crippen molar-refractivity contribution in [2.24, 2.45) is 0 Å². The second-order valence-corrected chi connectivity index (χ2v) is 7.00. The van der Waals surface area contributed by atoms with Crippen molar-refractivity contribution < 1.29 is 33.3 Å². The van der Waals surface area contributed by atoms with Crippen molar-refractivity contribution in [3.8, 4) is 23.0 Å². The number of nitrogens with zero attached hydrogens (tertiary/aromatic N) is 1. The molecule has 2 aliphatic rings. The van der Waals surface area contributed by atoms with E-state index in [1.54, 1.807) is 37.3 Å². The number of carbonyl (C=O) groups is 3. The van der Waals surface area contributed by atoms with Gasteiger partial charge >= 0.3 is 6.03 Å². The monoisotopic (exact) mass is 412 g/mol. The lowest BCUT2D eigenvalue weighted by molar-refractivity contribution is -0.130. The van der Waals surface area contributed by atoms with Crippen LogP contribution in [-0.2, 0) is 10.3 Å². The molecule has 1 saturated heterocycles. The molecule has 9 nitrogen and oxygen atoms in total. The summed E-state index contributed by atoms with van der Waals surface area (Å²) in [7, 11) is 2.93. The summed E-state index contributed by atoms with van der Waals surface area (Å²) in [5.41, 5.74) is -0.555. The molecular formula is C21H20N2O7. The molecule has 2 aliphatic heterocycles. The number of fused-ring (bicyclic) bond motifs is 1. The summed E-state index contributed by atoms with van der Waals surface area (Å²) in [4.78, 5) is 39.4. The second kappa shape index (κ2) is 7.25. The number of imide groups is 1. The van der Waals surface area contributed by atoms with Gasteiger partial charge in [0.1, 0.15) is 17.0 Å². The number of Topliss-reactive ketones (excluding diaryl/α,β-unsaturated/α-hetero) is 1. The van der Waals surface area contributed by atoms with Gasteiger partial charge in [0.25, 0.3) is 5.91 Å². The number of carbonyl (C=O) groups excluding carboxylic acids is 3. The molecule has 30 heavy (non-hydrogen) atoms. The van der Waals surface area contributed by atoms with Gasteiger partial charge in [-0.15, -0.1) is 0 Å². The SMILES string of the molecule is COc1ccc(C(=O)CN2C(=O)N[C@](C)(c3ccc4c(c3)OCO4)C2=O)c(OC)c1. The van der Waals surface area contributed by atoms with Gasteiger partial charge in [-0.25, -0.2) is 4.79 Å². The summed E-state index contributed by atoms with van der Waals surface area (Å²) < 4.78 is 21.0. The van der Waals surface area contributed by atoms with Gasteiger partial charge in [0.2, 0.25) is 6.79 Å². The highest BCUT2D eigenvalue weighted by Crippen LogP contribution is 2.38. The first-order chi connectivity index (χ1) is 14.4. The number of rotatable bonds is 6. The van der Waals surface area contributed by atoms with Gasteiger partial charge < -0.3 is 24.3 Å². The number of nitrogens with one attached hydrogen (secondary N) is 1. The van der Waals surface area contributed by atoms with Crippen molar-refractivity contribution in [1.29, 1.82) is 0 Å². The first-order valence-electron chi connectivity index (χ1n) is 9.17. The highest BCUT2D eigenvalue weighted by atomic mass is 16.7. The van der Waals surface area contributed by atoms with Crippen LogP contribution in [0.1, 0.15) is 22.8 Å². The predicted molar refractivity (Wildman–Crippen MR) is 104 cm³/mol.